The van der Waals surface area contributed by atoms with Gasteiger partial charge in [0, 0.05) is 12.4 Å². The van der Waals surface area contributed by atoms with Crippen molar-refractivity contribution in [2.45, 2.75) is 0 Å². The van der Waals surface area contributed by atoms with E-state index in [0.717, 1.165) is 0 Å². The summed E-state index contributed by atoms with van der Waals surface area (Å²) in [6.45, 7) is 0. The Morgan fingerprint density at radius 2 is 2.31 bits per heavy atom. The zero-order valence-corrected chi connectivity index (χ0v) is 8.16. The van der Waals surface area contributed by atoms with Crippen molar-refractivity contribution in [3.63, 3.8) is 0 Å². The van der Waals surface area contributed by atoms with Crippen molar-refractivity contribution in [1.29, 1.82) is 5.26 Å². The summed E-state index contributed by atoms with van der Waals surface area (Å²) in [6, 6.07) is 8.46. The molecule has 0 aromatic carbocycles. The van der Waals surface area contributed by atoms with Crippen LogP contribution in [0.5, 0.6) is 0 Å². The molecule has 0 amide bonds. The summed E-state index contributed by atoms with van der Waals surface area (Å²) in [7, 11) is 0. The van der Waals surface area contributed by atoms with Crippen LogP contribution in [0.25, 0.3) is 5.82 Å². The number of carboxylic acid groups (broad SMARTS) is 1. The van der Waals surface area contributed by atoms with Crippen LogP contribution in [0.4, 0.5) is 0 Å². The molecule has 16 heavy (non-hydrogen) atoms. The fourth-order valence-electron chi connectivity index (χ4n) is 1.35. The topological polar surface area (TPSA) is 78.9 Å². The molecule has 0 aliphatic heterocycles. The Morgan fingerprint density at radius 1 is 1.50 bits per heavy atom. The van der Waals surface area contributed by atoms with Crippen LogP contribution in [-0.4, -0.2) is 20.6 Å². The molecule has 0 aliphatic rings. The summed E-state index contributed by atoms with van der Waals surface area (Å²) in [5.74, 6) is -0.544. The van der Waals surface area contributed by atoms with Crippen molar-refractivity contribution in [2.24, 2.45) is 0 Å². The normalized spacial score (nSPS) is 9.69. The summed E-state index contributed by atoms with van der Waals surface area (Å²) in [6.07, 6.45) is 2.96. The molecule has 0 radical (unpaired) electrons. The van der Waals surface area contributed by atoms with Gasteiger partial charge in [-0.25, -0.2) is 9.78 Å². The Labute approximate surface area is 91.2 Å². The molecule has 1 N–H and O–H groups in total. The zero-order valence-electron chi connectivity index (χ0n) is 8.16. The predicted molar refractivity (Wildman–Crippen MR) is 55.2 cm³/mol. The molecule has 0 atom stereocenters. The van der Waals surface area contributed by atoms with Crippen LogP contribution in [0, 0.1) is 11.3 Å². The molecule has 0 saturated carbocycles. The molecule has 2 rings (SSSR count). The van der Waals surface area contributed by atoms with Gasteiger partial charge < -0.3 is 5.11 Å². The second-order valence-electron chi connectivity index (χ2n) is 3.09. The van der Waals surface area contributed by atoms with E-state index in [0.29, 0.717) is 5.82 Å². The van der Waals surface area contributed by atoms with E-state index >= 15 is 0 Å². The number of aromatic carboxylic acids is 1. The molecule has 0 bridgehead atoms. The number of hydrogen-bond acceptors (Lipinski definition) is 3. The van der Waals surface area contributed by atoms with Gasteiger partial charge in [-0.05, 0) is 18.2 Å². The molecule has 0 saturated heterocycles. The second-order valence-corrected chi connectivity index (χ2v) is 3.09. The second kappa shape index (κ2) is 3.87. The van der Waals surface area contributed by atoms with Crippen LogP contribution in [-0.2, 0) is 0 Å². The number of hydrogen-bond donors (Lipinski definition) is 1. The number of carbonyl (C=O) groups is 1. The van der Waals surface area contributed by atoms with Crippen LogP contribution >= 0.6 is 0 Å². The maximum absolute atomic E-state index is 10.8. The minimum absolute atomic E-state index is 0.0715. The summed E-state index contributed by atoms with van der Waals surface area (Å²) in [5, 5.41) is 17.7. The van der Waals surface area contributed by atoms with Gasteiger partial charge in [-0.1, -0.05) is 6.07 Å². The predicted octanol–water partition coefficient (Wildman–Crippen LogP) is 1.44. The smallest absolute Gasteiger partial charge is 0.337 e. The van der Waals surface area contributed by atoms with E-state index in [2.05, 4.69) is 4.98 Å². The van der Waals surface area contributed by atoms with Gasteiger partial charge in [-0.2, -0.15) is 5.26 Å². The van der Waals surface area contributed by atoms with E-state index in [-0.39, 0.29) is 11.3 Å². The van der Waals surface area contributed by atoms with Crippen LogP contribution in [0.3, 0.4) is 0 Å². The number of pyridine rings is 1. The van der Waals surface area contributed by atoms with Gasteiger partial charge in [0.15, 0.2) is 0 Å². The minimum atomic E-state index is -1.06. The molecule has 0 aliphatic carbocycles. The lowest BCUT2D eigenvalue weighted by atomic mass is 10.3. The highest BCUT2D eigenvalue weighted by molar-refractivity contribution is 5.88. The molecule has 0 unspecified atom stereocenters. The maximum Gasteiger partial charge on any atom is 0.337 e. The molecule has 5 nitrogen and oxygen atoms in total. The average Bonchev–Trinajstić information content (AvgIpc) is 2.74. The minimum Gasteiger partial charge on any atom is -0.478 e. The summed E-state index contributed by atoms with van der Waals surface area (Å²) in [5.41, 5.74) is 0.318. The van der Waals surface area contributed by atoms with E-state index < -0.39 is 5.97 Å². The van der Waals surface area contributed by atoms with Crippen LogP contribution in [0.15, 0.2) is 36.7 Å². The monoisotopic (exact) mass is 213 g/mol. The Balaban J connectivity index is 2.57. The third-order valence-electron chi connectivity index (χ3n) is 2.08. The third kappa shape index (κ3) is 1.64. The highest BCUT2D eigenvalue weighted by atomic mass is 16.4. The van der Waals surface area contributed by atoms with Crippen molar-refractivity contribution in [3.8, 4) is 11.9 Å². The number of rotatable bonds is 2. The summed E-state index contributed by atoms with van der Waals surface area (Å²) in [4.78, 5) is 14.8. The molecule has 2 heterocycles. The van der Waals surface area contributed by atoms with Crippen molar-refractivity contribution >= 4 is 5.97 Å². The fraction of sp³-hybridized carbons (Fsp3) is 0. The first-order valence-electron chi connectivity index (χ1n) is 4.49. The van der Waals surface area contributed by atoms with E-state index in [9.17, 15) is 4.79 Å². The van der Waals surface area contributed by atoms with Gasteiger partial charge in [-0.3, -0.25) is 4.57 Å². The number of aromatic nitrogens is 2. The standard InChI is InChI=1S/C11H7N3O2/c12-6-9-5-8(11(15)16)7-14(9)10-3-1-2-4-13-10/h1-5,7H,(H,15,16). The number of carboxylic acids is 1. The van der Waals surface area contributed by atoms with Crippen molar-refractivity contribution in [3.05, 3.63) is 47.9 Å². The van der Waals surface area contributed by atoms with E-state index in [1.165, 1.54) is 16.8 Å². The van der Waals surface area contributed by atoms with Crippen LogP contribution in [0.2, 0.25) is 0 Å². The van der Waals surface area contributed by atoms with Crippen molar-refractivity contribution in [2.75, 3.05) is 0 Å². The quantitative estimate of drug-likeness (QED) is 0.818. The molecular formula is C11H7N3O2. The first-order valence-corrected chi connectivity index (χ1v) is 4.49. The highest BCUT2D eigenvalue weighted by Crippen LogP contribution is 2.13. The maximum atomic E-state index is 10.8. The van der Waals surface area contributed by atoms with Gasteiger partial charge in [-0.15, -0.1) is 0 Å². The molecular weight excluding hydrogens is 206 g/mol. The molecule has 5 heteroatoms. The highest BCUT2D eigenvalue weighted by Gasteiger charge is 2.12. The Bertz CT molecular complexity index is 567. The lowest BCUT2D eigenvalue weighted by molar-refractivity contribution is 0.0697. The van der Waals surface area contributed by atoms with Gasteiger partial charge in [0.05, 0.1) is 5.56 Å². The molecule has 78 valence electrons. The van der Waals surface area contributed by atoms with E-state index in [1.807, 2.05) is 6.07 Å². The Hall–Kier alpha value is -2.61. The number of nitrogens with zero attached hydrogens (tertiary/aromatic N) is 3. The molecule has 0 spiro atoms. The molecule has 2 aromatic rings. The fourth-order valence-corrected chi connectivity index (χ4v) is 1.35. The van der Waals surface area contributed by atoms with Crippen molar-refractivity contribution < 1.29 is 9.90 Å². The van der Waals surface area contributed by atoms with Gasteiger partial charge >= 0.3 is 5.97 Å². The lowest BCUT2D eigenvalue weighted by Gasteiger charge is -2.01. The van der Waals surface area contributed by atoms with Crippen molar-refractivity contribution in [1.82, 2.24) is 9.55 Å². The van der Waals surface area contributed by atoms with Crippen LogP contribution < -0.4 is 0 Å². The molecule has 0 fully saturated rings. The largest absolute Gasteiger partial charge is 0.478 e. The summed E-state index contributed by atoms with van der Waals surface area (Å²) < 4.78 is 1.45. The lowest BCUT2D eigenvalue weighted by Crippen LogP contribution is -1.98. The number of nitriles is 1. The van der Waals surface area contributed by atoms with Crippen LogP contribution in [0.1, 0.15) is 16.1 Å². The zero-order chi connectivity index (χ0) is 11.5. The van der Waals surface area contributed by atoms with Gasteiger partial charge in [0.2, 0.25) is 0 Å². The van der Waals surface area contributed by atoms with E-state index in [4.69, 9.17) is 10.4 Å². The SMILES string of the molecule is N#Cc1cc(C(=O)O)cn1-c1ccccn1. The third-order valence-corrected chi connectivity index (χ3v) is 2.08. The summed E-state index contributed by atoms with van der Waals surface area (Å²) >= 11 is 0. The Morgan fingerprint density at radius 3 is 2.88 bits per heavy atom. The average molecular weight is 213 g/mol. The first kappa shape index (κ1) is 9.93. The van der Waals surface area contributed by atoms with E-state index in [1.54, 1.807) is 24.4 Å². The first-order chi connectivity index (χ1) is 7.72. The van der Waals surface area contributed by atoms with Gasteiger partial charge in [0.25, 0.3) is 0 Å². The Kier molecular flexibility index (Phi) is 2.40. The van der Waals surface area contributed by atoms with Gasteiger partial charge in [0.1, 0.15) is 17.6 Å². The molecule has 2 aromatic heterocycles.